The molecule has 1 N–H and O–H groups in total. The molecule has 0 amide bonds. The highest BCUT2D eigenvalue weighted by Crippen LogP contribution is 2.14. The molecule has 0 unspecified atom stereocenters. The highest BCUT2D eigenvalue weighted by Gasteiger charge is 2.05. The molecule has 350 valence electrons. The lowest BCUT2D eigenvalue weighted by molar-refractivity contribution is -0.146. The van der Waals surface area contributed by atoms with Gasteiger partial charge in [0, 0.05) is 19.3 Å². The second-order valence-electron chi connectivity index (χ2n) is 14.3. The zero-order valence-corrected chi connectivity index (χ0v) is 36.9. The number of hydrogen-bond donors (Lipinski definition) is 1. The monoisotopic (exact) mass is 853 g/mol. The summed E-state index contributed by atoms with van der Waals surface area (Å²) in [6.07, 6.45) is 21.4. The second kappa shape index (κ2) is 50.4. The first kappa shape index (κ1) is 57.1. The lowest BCUT2D eigenvalue weighted by Gasteiger charge is -2.09. The molecular formula is C44H84O15. The van der Waals surface area contributed by atoms with Gasteiger partial charge in [-0.25, -0.2) is 0 Å². The summed E-state index contributed by atoms with van der Waals surface area (Å²) in [5.74, 6) is -1.35. The first-order chi connectivity index (χ1) is 29.1. The molecule has 0 saturated carbocycles. The number of carbonyl (C=O) groups is 3. The van der Waals surface area contributed by atoms with Crippen molar-refractivity contribution in [1.29, 1.82) is 0 Å². The van der Waals surface area contributed by atoms with E-state index in [0.29, 0.717) is 132 Å². The Hall–Kier alpha value is -1.95. The summed E-state index contributed by atoms with van der Waals surface area (Å²) in [6, 6.07) is 0. The van der Waals surface area contributed by atoms with Crippen molar-refractivity contribution in [3.8, 4) is 0 Å². The van der Waals surface area contributed by atoms with Crippen molar-refractivity contribution in [3.63, 3.8) is 0 Å². The Morgan fingerprint density at radius 1 is 0.288 bits per heavy atom. The fourth-order valence-electron chi connectivity index (χ4n) is 5.62. The van der Waals surface area contributed by atoms with E-state index in [2.05, 4.69) is 6.92 Å². The minimum absolute atomic E-state index is 0.0581. The van der Waals surface area contributed by atoms with E-state index in [1.807, 2.05) is 0 Å². The highest BCUT2D eigenvalue weighted by molar-refractivity contribution is 5.70. The van der Waals surface area contributed by atoms with Gasteiger partial charge in [0.15, 0.2) is 0 Å². The van der Waals surface area contributed by atoms with Crippen molar-refractivity contribution in [3.05, 3.63) is 0 Å². The van der Waals surface area contributed by atoms with Gasteiger partial charge < -0.3 is 57.2 Å². The first-order valence-corrected chi connectivity index (χ1v) is 22.8. The molecule has 15 heteroatoms. The van der Waals surface area contributed by atoms with Crippen LogP contribution in [-0.2, 0) is 66.5 Å². The van der Waals surface area contributed by atoms with Gasteiger partial charge in [0.1, 0.15) is 13.2 Å². The van der Waals surface area contributed by atoms with Crippen LogP contribution in [0.5, 0.6) is 0 Å². The number of carbonyl (C=O) groups excluding carboxylic acids is 2. The Morgan fingerprint density at radius 2 is 0.492 bits per heavy atom. The molecule has 0 aromatic carbocycles. The van der Waals surface area contributed by atoms with Crippen LogP contribution in [0.3, 0.4) is 0 Å². The molecule has 0 aliphatic heterocycles. The third kappa shape index (κ3) is 52.1. The SMILES string of the molecule is CCCCCCCCCCCCCCCCCC(=O)OCCOCCOCCOCCOCCOCCOCCOCCOCCOCCOC(=O)CCCCC(=O)O. The quantitative estimate of drug-likeness (QED) is 0.0484. The largest absolute Gasteiger partial charge is 0.481 e. The maximum absolute atomic E-state index is 11.9. The predicted molar refractivity (Wildman–Crippen MR) is 225 cm³/mol. The highest BCUT2D eigenvalue weighted by atomic mass is 16.6. The summed E-state index contributed by atoms with van der Waals surface area (Å²) >= 11 is 0. The minimum Gasteiger partial charge on any atom is -0.481 e. The van der Waals surface area contributed by atoms with Gasteiger partial charge in [-0.15, -0.1) is 0 Å². The number of unbranched alkanes of at least 4 members (excludes halogenated alkanes) is 15. The number of hydrogen-bond acceptors (Lipinski definition) is 14. The fraction of sp³-hybridized carbons (Fsp3) is 0.932. The van der Waals surface area contributed by atoms with E-state index >= 15 is 0 Å². The van der Waals surface area contributed by atoms with Crippen LogP contribution in [0.2, 0.25) is 0 Å². The van der Waals surface area contributed by atoms with Crippen LogP contribution in [0, 0.1) is 0 Å². The number of esters is 2. The van der Waals surface area contributed by atoms with Gasteiger partial charge in [-0.05, 0) is 19.3 Å². The smallest absolute Gasteiger partial charge is 0.305 e. The summed E-state index contributed by atoms with van der Waals surface area (Å²) in [4.78, 5) is 33.8. The lowest BCUT2D eigenvalue weighted by Crippen LogP contribution is -2.16. The number of ether oxygens (including phenoxy) is 11. The van der Waals surface area contributed by atoms with Crippen molar-refractivity contribution in [1.82, 2.24) is 0 Å². The maximum atomic E-state index is 11.9. The topological polar surface area (TPSA) is 173 Å². The maximum Gasteiger partial charge on any atom is 0.305 e. The van der Waals surface area contributed by atoms with Crippen molar-refractivity contribution < 1.29 is 71.6 Å². The van der Waals surface area contributed by atoms with Crippen molar-refractivity contribution in [2.45, 2.75) is 135 Å². The van der Waals surface area contributed by atoms with Gasteiger partial charge in [0.25, 0.3) is 0 Å². The van der Waals surface area contributed by atoms with E-state index in [4.69, 9.17) is 57.2 Å². The number of carboxylic acid groups (broad SMARTS) is 1. The molecule has 0 spiro atoms. The van der Waals surface area contributed by atoms with Gasteiger partial charge in [-0.3, -0.25) is 14.4 Å². The molecule has 0 rings (SSSR count). The minimum atomic E-state index is -0.864. The fourth-order valence-corrected chi connectivity index (χ4v) is 5.62. The Labute approximate surface area is 356 Å². The molecule has 0 fully saturated rings. The standard InChI is InChI=1S/C44H84O15/c1-2-3-4-5-6-7-8-9-10-11-12-13-14-15-16-20-43(47)58-40-38-56-36-34-54-32-30-52-28-26-50-24-22-49-23-25-51-27-29-53-31-33-55-35-37-57-39-41-59-44(48)21-18-17-19-42(45)46/h2-41H2,1H3,(H,45,46). The molecule has 0 aromatic heterocycles. The summed E-state index contributed by atoms with van der Waals surface area (Å²) in [5.41, 5.74) is 0. The molecule has 0 bridgehead atoms. The van der Waals surface area contributed by atoms with Gasteiger partial charge in [0.05, 0.1) is 119 Å². The zero-order valence-electron chi connectivity index (χ0n) is 36.9. The molecule has 0 aliphatic carbocycles. The van der Waals surface area contributed by atoms with Crippen molar-refractivity contribution in [2.24, 2.45) is 0 Å². The van der Waals surface area contributed by atoms with Gasteiger partial charge in [-0.1, -0.05) is 96.8 Å². The van der Waals surface area contributed by atoms with E-state index in [1.165, 1.54) is 83.5 Å². The molecule has 15 nitrogen and oxygen atoms in total. The molecule has 0 aromatic rings. The number of rotatable bonds is 51. The van der Waals surface area contributed by atoms with Gasteiger partial charge in [0.2, 0.25) is 0 Å². The molecular weight excluding hydrogens is 768 g/mol. The van der Waals surface area contributed by atoms with Crippen LogP contribution in [0.1, 0.15) is 135 Å². The molecule has 0 radical (unpaired) electrons. The summed E-state index contributed by atoms with van der Waals surface area (Å²) in [7, 11) is 0. The third-order valence-electron chi connectivity index (χ3n) is 8.96. The van der Waals surface area contributed by atoms with E-state index in [-0.39, 0.29) is 44.6 Å². The number of carboxylic acids is 1. The van der Waals surface area contributed by atoms with Crippen LogP contribution < -0.4 is 0 Å². The van der Waals surface area contributed by atoms with Crippen LogP contribution in [0.25, 0.3) is 0 Å². The summed E-state index contributed by atoms with van der Waals surface area (Å²) in [6.45, 7) is 10.7. The van der Waals surface area contributed by atoms with E-state index in [0.717, 1.165) is 12.8 Å². The Balaban J connectivity index is 3.16. The Morgan fingerprint density at radius 3 is 0.746 bits per heavy atom. The molecule has 59 heavy (non-hydrogen) atoms. The molecule has 0 atom stereocenters. The van der Waals surface area contributed by atoms with Crippen molar-refractivity contribution in [2.75, 3.05) is 132 Å². The van der Waals surface area contributed by atoms with Crippen molar-refractivity contribution >= 4 is 17.9 Å². The third-order valence-corrected chi connectivity index (χ3v) is 8.96. The molecule has 0 saturated heterocycles. The average molecular weight is 853 g/mol. The Bertz CT molecular complexity index is 879. The Kier molecular flexibility index (Phi) is 48.7. The van der Waals surface area contributed by atoms with E-state index in [1.54, 1.807) is 0 Å². The normalized spacial score (nSPS) is 11.3. The van der Waals surface area contributed by atoms with E-state index in [9.17, 15) is 14.4 Å². The number of aliphatic carboxylic acids is 1. The molecule has 0 aliphatic rings. The predicted octanol–water partition coefficient (Wildman–Crippen LogP) is 7.13. The van der Waals surface area contributed by atoms with Crippen LogP contribution in [0.15, 0.2) is 0 Å². The zero-order chi connectivity index (χ0) is 42.8. The van der Waals surface area contributed by atoms with Crippen LogP contribution >= 0.6 is 0 Å². The van der Waals surface area contributed by atoms with Crippen LogP contribution in [-0.4, -0.2) is 155 Å². The van der Waals surface area contributed by atoms with Gasteiger partial charge in [-0.2, -0.15) is 0 Å². The van der Waals surface area contributed by atoms with E-state index < -0.39 is 5.97 Å². The summed E-state index contributed by atoms with van der Waals surface area (Å²) < 4.78 is 59.4. The average Bonchev–Trinajstić information content (AvgIpc) is 3.22. The first-order valence-electron chi connectivity index (χ1n) is 22.8. The lowest BCUT2D eigenvalue weighted by atomic mass is 10.0. The second-order valence-corrected chi connectivity index (χ2v) is 14.3. The van der Waals surface area contributed by atoms with Gasteiger partial charge >= 0.3 is 17.9 Å². The van der Waals surface area contributed by atoms with Crippen LogP contribution in [0.4, 0.5) is 0 Å². The molecule has 0 heterocycles. The summed E-state index contributed by atoms with van der Waals surface area (Å²) in [5, 5.41) is 8.57.